The number of aliphatic hydroxyl groups excluding tert-OH is 1. The van der Waals surface area contributed by atoms with Crippen LogP contribution in [-0.2, 0) is 0 Å². The van der Waals surface area contributed by atoms with Crippen molar-refractivity contribution in [2.24, 2.45) is 0 Å². The number of rotatable bonds is 3. The highest BCUT2D eigenvalue weighted by Crippen LogP contribution is 2.34. The zero-order chi connectivity index (χ0) is 14.0. The van der Waals surface area contributed by atoms with Gasteiger partial charge in [0.25, 0.3) is 0 Å². The largest absolute Gasteiger partial charge is 0.495 e. The average molecular weight is 257 g/mol. The van der Waals surface area contributed by atoms with Gasteiger partial charge in [0.15, 0.2) is 0 Å². The Kier molecular flexibility index (Phi) is 3.76. The number of hydrogen-bond acceptors (Lipinski definition) is 3. The summed E-state index contributed by atoms with van der Waals surface area (Å²) >= 11 is 0. The first kappa shape index (κ1) is 13.4. The van der Waals surface area contributed by atoms with Crippen molar-refractivity contribution in [1.82, 2.24) is 0 Å². The van der Waals surface area contributed by atoms with Crippen LogP contribution < -0.4 is 10.5 Å². The molecule has 0 saturated carbocycles. The van der Waals surface area contributed by atoms with E-state index in [0.29, 0.717) is 17.0 Å². The topological polar surface area (TPSA) is 55.5 Å². The quantitative estimate of drug-likeness (QED) is 0.831. The molecule has 3 N–H and O–H groups in total. The second kappa shape index (κ2) is 5.33. The van der Waals surface area contributed by atoms with E-state index in [1.165, 1.54) is 0 Å². The number of benzene rings is 2. The molecule has 1 atom stereocenters. The van der Waals surface area contributed by atoms with Crippen molar-refractivity contribution >= 4 is 5.69 Å². The number of anilines is 1. The first-order valence-corrected chi connectivity index (χ1v) is 6.22. The summed E-state index contributed by atoms with van der Waals surface area (Å²) in [7, 11) is 1.57. The van der Waals surface area contributed by atoms with Crippen molar-refractivity contribution in [2.75, 3.05) is 12.8 Å². The van der Waals surface area contributed by atoms with E-state index in [1.54, 1.807) is 13.2 Å². The van der Waals surface area contributed by atoms with Gasteiger partial charge in [-0.3, -0.25) is 0 Å². The molecule has 0 bridgehead atoms. The highest BCUT2D eigenvalue weighted by Gasteiger charge is 2.17. The van der Waals surface area contributed by atoms with Gasteiger partial charge in [-0.2, -0.15) is 0 Å². The van der Waals surface area contributed by atoms with Crippen LogP contribution in [0.15, 0.2) is 36.4 Å². The van der Waals surface area contributed by atoms with E-state index in [2.05, 4.69) is 0 Å². The van der Waals surface area contributed by atoms with Gasteiger partial charge in [-0.05, 0) is 31.0 Å². The van der Waals surface area contributed by atoms with Gasteiger partial charge in [-0.15, -0.1) is 0 Å². The molecule has 0 aliphatic rings. The van der Waals surface area contributed by atoms with Crippen LogP contribution in [0.25, 0.3) is 0 Å². The molecule has 0 radical (unpaired) electrons. The monoisotopic (exact) mass is 257 g/mol. The van der Waals surface area contributed by atoms with Gasteiger partial charge >= 0.3 is 0 Å². The molecule has 2 rings (SSSR count). The van der Waals surface area contributed by atoms with E-state index < -0.39 is 6.10 Å². The zero-order valence-electron chi connectivity index (χ0n) is 11.5. The van der Waals surface area contributed by atoms with E-state index in [-0.39, 0.29) is 0 Å². The number of aliphatic hydroxyl groups is 1. The molecule has 0 saturated heterocycles. The summed E-state index contributed by atoms with van der Waals surface area (Å²) in [5.74, 6) is 0.585. The fraction of sp³-hybridized carbons (Fsp3) is 0.250. The summed E-state index contributed by atoms with van der Waals surface area (Å²) in [6, 6.07) is 11.5. The third-order valence-corrected chi connectivity index (χ3v) is 3.34. The average Bonchev–Trinajstić information content (AvgIpc) is 2.41. The molecule has 3 nitrogen and oxygen atoms in total. The van der Waals surface area contributed by atoms with Crippen molar-refractivity contribution in [3.05, 3.63) is 58.7 Å². The standard InChI is InChI=1S/C16H19NO2/c1-10-7-8-11(2)13(9-10)16(18)12-5-4-6-14(19-3)15(12)17/h4-9,16,18H,17H2,1-3H3. The van der Waals surface area contributed by atoms with Crippen LogP contribution in [-0.4, -0.2) is 12.2 Å². The summed E-state index contributed by atoms with van der Waals surface area (Å²) in [6.45, 7) is 3.99. The summed E-state index contributed by atoms with van der Waals surface area (Å²) in [6.07, 6.45) is -0.741. The van der Waals surface area contributed by atoms with Gasteiger partial charge in [-0.1, -0.05) is 35.9 Å². The fourth-order valence-electron chi connectivity index (χ4n) is 2.20. The molecule has 0 amide bonds. The lowest BCUT2D eigenvalue weighted by Crippen LogP contribution is -2.07. The van der Waals surface area contributed by atoms with Gasteiger partial charge in [0.2, 0.25) is 0 Å². The summed E-state index contributed by atoms with van der Waals surface area (Å²) in [5, 5.41) is 10.6. The lowest BCUT2D eigenvalue weighted by Gasteiger charge is -2.18. The van der Waals surface area contributed by atoms with Crippen molar-refractivity contribution in [2.45, 2.75) is 20.0 Å². The highest BCUT2D eigenvalue weighted by molar-refractivity contribution is 5.61. The van der Waals surface area contributed by atoms with E-state index in [4.69, 9.17) is 10.5 Å². The normalized spacial score (nSPS) is 12.2. The minimum Gasteiger partial charge on any atom is -0.495 e. The first-order chi connectivity index (χ1) is 9.04. The zero-order valence-corrected chi connectivity index (χ0v) is 11.5. The number of ether oxygens (including phenoxy) is 1. The Hall–Kier alpha value is -2.00. The number of aryl methyl sites for hydroxylation is 2. The Balaban J connectivity index is 2.50. The fourth-order valence-corrected chi connectivity index (χ4v) is 2.20. The number of nitrogen functional groups attached to an aromatic ring is 1. The van der Waals surface area contributed by atoms with Gasteiger partial charge in [0.1, 0.15) is 11.9 Å². The Morgan fingerprint density at radius 3 is 2.53 bits per heavy atom. The lowest BCUT2D eigenvalue weighted by atomic mass is 9.95. The maximum atomic E-state index is 10.6. The molecule has 0 heterocycles. The first-order valence-electron chi connectivity index (χ1n) is 6.22. The molecule has 0 aliphatic heterocycles. The second-order valence-electron chi connectivity index (χ2n) is 4.73. The lowest BCUT2D eigenvalue weighted by molar-refractivity contribution is 0.220. The molecule has 100 valence electrons. The number of para-hydroxylation sites is 1. The summed E-state index contributed by atoms with van der Waals surface area (Å²) in [5.41, 5.74) is 10.2. The third kappa shape index (κ3) is 2.56. The minimum absolute atomic E-state index is 0.485. The third-order valence-electron chi connectivity index (χ3n) is 3.34. The van der Waals surface area contributed by atoms with Gasteiger partial charge < -0.3 is 15.6 Å². The van der Waals surface area contributed by atoms with Crippen molar-refractivity contribution in [1.29, 1.82) is 0 Å². The second-order valence-corrected chi connectivity index (χ2v) is 4.73. The molecule has 1 unspecified atom stereocenters. The summed E-state index contributed by atoms with van der Waals surface area (Å²) in [4.78, 5) is 0. The van der Waals surface area contributed by atoms with Crippen LogP contribution in [0, 0.1) is 13.8 Å². The van der Waals surface area contributed by atoms with Gasteiger partial charge in [-0.25, -0.2) is 0 Å². The molecular weight excluding hydrogens is 238 g/mol. The minimum atomic E-state index is -0.741. The van der Waals surface area contributed by atoms with Crippen molar-refractivity contribution in [3.8, 4) is 5.75 Å². The van der Waals surface area contributed by atoms with Gasteiger partial charge in [0, 0.05) is 5.56 Å². The van der Waals surface area contributed by atoms with Crippen molar-refractivity contribution < 1.29 is 9.84 Å². The smallest absolute Gasteiger partial charge is 0.142 e. The molecule has 19 heavy (non-hydrogen) atoms. The maximum absolute atomic E-state index is 10.6. The van der Waals surface area contributed by atoms with Gasteiger partial charge in [0.05, 0.1) is 12.8 Å². The molecule has 0 spiro atoms. The molecule has 3 heteroatoms. The van der Waals surface area contributed by atoms with E-state index in [1.807, 2.05) is 44.2 Å². The maximum Gasteiger partial charge on any atom is 0.142 e. The molecule has 0 fully saturated rings. The van der Waals surface area contributed by atoms with Crippen LogP contribution in [0.3, 0.4) is 0 Å². The Labute approximate surface area is 113 Å². The number of hydrogen-bond donors (Lipinski definition) is 2. The van der Waals surface area contributed by atoms with Crippen molar-refractivity contribution in [3.63, 3.8) is 0 Å². The van der Waals surface area contributed by atoms with Crippen LogP contribution in [0.4, 0.5) is 5.69 Å². The predicted octanol–water partition coefficient (Wildman–Crippen LogP) is 2.98. The van der Waals surface area contributed by atoms with E-state index >= 15 is 0 Å². The van der Waals surface area contributed by atoms with E-state index in [9.17, 15) is 5.11 Å². The molecular formula is C16H19NO2. The van der Waals surface area contributed by atoms with Crippen LogP contribution in [0.2, 0.25) is 0 Å². The Morgan fingerprint density at radius 2 is 1.84 bits per heavy atom. The SMILES string of the molecule is COc1cccc(C(O)c2cc(C)ccc2C)c1N. The molecule has 0 aromatic heterocycles. The van der Waals surface area contributed by atoms with E-state index in [0.717, 1.165) is 16.7 Å². The highest BCUT2D eigenvalue weighted by atomic mass is 16.5. The van der Waals surface area contributed by atoms with Crippen LogP contribution >= 0.6 is 0 Å². The Morgan fingerprint density at radius 1 is 1.11 bits per heavy atom. The predicted molar refractivity (Wildman–Crippen MR) is 77.4 cm³/mol. The number of nitrogens with two attached hydrogens (primary N) is 1. The molecule has 2 aromatic rings. The van der Waals surface area contributed by atoms with Crippen LogP contribution in [0.5, 0.6) is 5.75 Å². The summed E-state index contributed by atoms with van der Waals surface area (Å²) < 4.78 is 5.19. The number of methoxy groups -OCH3 is 1. The Bertz CT molecular complexity index is 593. The van der Waals surface area contributed by atoms with Crippen LogP contribution in [0.1, 0.15) is 28.4 Å². The molecule has 2 aromatic carbocycles. The molecule has 0 aliphatic carbocycles.